The minimum absolute atomic E-state index is 0.0320. The van der Waals surface area contributed by atoms with E-state index in [1.165, 1.54) is 48.9 Å². The van der Waals surface area contributed by atoms with Gasteiger partial charge in [-0.05, 0) is 31.0 Å². The van der Waals surface area contributed by atoms with Crippen molar-refractivity contribution in [2.45, 2.75) is 30.6 Å². The number of nitrogens with one attached hydrogen (secondary N) is 1. The Morgan fingerprint density at radius 1 is 0.935 bits per heavy atom. The molecule has 0 saturated carbocycles. The van der Waals surface area contributed by atoms with Gasteiger partial charge in [0.15, 0.2) is 0 Å². The van der Waals surface area contributed by atoms with E-state index in [-0.39, 0.29) is 15.5 Å². The van der Waals surface area contributed by atoms with Gasteiger partial charge in [-0.25, -0.2) is 8.42 Å². The quantitative estimate of drug-likeness (QED) is 0.631. The molecule has 1 saturated heterocycles. The van der Waals surface area contributed by atoms with E-state index in [0.29, 0.717) is 35.3 Å². The zero-order chi connectivity index (χ0) is 22.6. The van der Waals surface area contributed by atoms with Gasteiger partial charge in [-0.2, -0.15) is 4.31 Å². The van der Waals surface area contributed by atoms with Gasteiger partial charge in [-0.15, -0.1) is 0 Å². The van der Waals surface area contributed by atoms with Crippen LogP contribution in [0.2, 0.25) is 10.0 Å². The topological polar surface area (TPSA) is 84.9 Å². The predicted octanol–water partition coefficient (Wildman–Crippen LogP) is 4.83. The number of rotatable bonds is 6. The molecule has 31 heavy (non-hydrogen) atoms. The molecular formula is C21H24Cl2N2O5S. The number of hydrogen-bond donors (Lipinski definition) is 1. The van der Waals surface area contributed by atoms with Crippen molar-refractivity contribution < 1.29 is 22.7 Å². The van der Waals surface area contributed by atoms with Crippen LogP contribution in [0, 0.1) is 0 Å². The average molecular weight is 487 g/mol. The van der Waals surface area contributed by atoms with Gasteiger partial charge in [0.2, 0.25) is 10.0 Å². The van der Waals surface area contributed by atoms with Crippen LogP contribution >= 0.6 is 23.2 Å². The number of sulfonamides is 1. The summed E-state index contributed by atoms with van der Waals surface area (Å²) in [6.07, 6.45) is 3.65. The first-order valence-corrected chi connectivity index (χ1v) is 12.0. The first kappa shape index (κ1) is 23.7. The van der Waals surface area contributed by atoms with Crippen LogP contribution in [-0.4, -0.2) is 45.9 Å². The van der Waals surface area contributed by atoms with Crippen molar-refractivity contribution in [1.82, 2.24) is 4.31 Å². The largest absolute Gasteiger partial charge is 0.495 e. The molecule has 1 N–H and O–H groups in total. The molecule has 0 atom stereocenters. The minimum atomic E-state index is -3.73. The van der Waals surface area contributed by atoms with Gasteiger partial charge in [-0.3, -0.25) is 4.79 Å². The highest BCUT2D eigenvalue weighted by molar-refractivity contribution is 7.89. The van der Waals surface area contributed by atoms with Crippen molar-refractivity contribution in [3.63, 3.8) is 0 Å². The molecule has 0 radical (unpaired) electrons. The summed E-state index contributed by atoms with van der Waals surface area (Å²) in [7, 11) is -0.836. The van der Waals surface area contributed by atoms with Crippen molar-refractivity contribution in [1.29, 1.82) is 0 Å². The molecule has 7 nitrogen and oxygen atoms in total. The van der Waals surface area contributed by atoms with E-state index in [9.17, 15) is 13.2 Å². The lowest BCUT2D eigenvalue weighted by molar-refractivity contribution is 0.102. The standard InChI is InChI=1S/C21H24Cl2N2O5S/c1-29-19-13-18(20(30-2)12-17(19)23)24-21(26)15-11-14(7-8-16(15)22)31(27,28)25-9-5-3-4-6-10-25/h7-8,11-13H,3-6,9-10H2,1-2H3,(H,24,26). The van der Waals surface area contributed by atoms with Crippen LogP contribution in [0.4, 0.5) is 5.69 Å². The summed E-state index contributed by atoms with van der Waals surface area (Å²) in [4.78, 5) is 13.0. The summed E-state index contributed by atoms with van der Waals surface area (Å²) < 4.78 is 38.1. The van der Waals surface area contributed by atoms with Gasteiger partial charge in [0.25, 0.3) is 5.91 Å². The number of benzene rings is 2. The third kappa shape index (κ3) is 5.26. The molecule has 10 heteroatoms. The Balaban J connectivity index is 1.92. The van der Waals surface area contributed by atoms with Crippen LogP contribution in [0.5, 0.6) is 11.5 Å². The Hall–Kier alpha value is -2.00. The first-order valence-electron chi connectivity index (χ1n) is 9.80. The summed E-state index contributed by atoms with van der Waals surface area (Å²) >= 11 is 12.3. The fourth-order valence-electron chi connectivity index (χ4n) is 3.42. The maximum atomic E-state index is 13.1. The summed E-state index contributed by atoms with van der Waals surface area (Å²) in [5.74, 6) is 0.0885. The highest BCUT2D eigenvalue weighted by atomic mass is 35.5. The third-order valence-electron chi connectivity index (χ3n) is 5.11. The molecule has 1 aliphatic rings. The molecule has 0 bridgehead atoms. The molecule has 1 heterocycles. The Bertz CT molecular complexity index is 1070. The molecule has 0 unspecified atom stereocenters. The second kappa shape index (κ2) is 10.1. The van der Waals surface area contributed by atoms with E-state index in [4.69, 9.17) is 32.7 Å². The molecule has 1 fully saturated rings. The number of methoxy groups -OCH3 is 2. The van der Waals surface area contributed by atoms with E-state index < -0.39 is 15.9 Å². The van der Waals surface area contributed by atoms with Crippen molar-refractivity contribution in [2.75, 3.05) is 32.6 Å². The van der Waals surface area contributed by atoms with Crippen LogP contribution in [0.15, 0.2) is 35.2 Å². The Labute approximate surface area is 192 Å². The van der Waals surface area contributed by atoms with Gasteiger partial charge in [0.1, 0.15) is 11.5 Å². The molecule has 2 aromatic rings. The second-order valence-corrected chi connectivity index (χ2v) is 9.85. The number of amides is 1. The molecule has 0 aliphatic carbocycles. The maximum absolute atomic E-state index is 13.1. The molecule has 0 aromatic heterocycles. The third-order valence-corrected chi connectivity index (χ3v) is 7.63. The fraction of sp³-hybridized carbons (Fsp3) is 0.381. The van der Waals surface area contributed by atoms with Gasteiger partial charge in [0, 0.05) is 25.2 Å². The highest BCUT2D eigenvalue weighted by Gasteiger charge is 2.27. The van der Waals surface area contributed by atoms with E-state index in [1.54, 1.807) is 0 Å². The Morgan fingerprint density at radius 3 is 2.19 bits per heavy atom. The van der Waals surface area contributed by atoms with Crippen LogP contribution in [-0.2, 0) is 10.0 Å². The fourth-order valence-corrected chi connectivity index (χ4v) is 5.40. The minimum Gasteiger partial charge on any atom is -0.495 e. The maximum Gasteiger partial charge on any atom is 0.257 e. The average Bonchev–Trinajstić information content (AvgIpc) is 3.05. The number of nitrogens with zero attached hydrogens (tertiary/aromatic N) is 1. The Morgan fingerprint density at radius 2 is 1.58 bits per heavy atom. The van der Waals surface area contributed by atoms with Gasteiger partial charge >= 0.3 is 0 Å². The lowest BCUT2D eigenvalue weighted by Gasteiger charge is -2.20. The molecule has 2 aromatic carbocycles. The highest BCUT2D eigenvalue weighted by Crippen LogP contribution is 2.36. The van der Waals surface area contributed by atoms with Crippen LogP contribution in [0.1, 0.15) is 36.0 Å². The van der Waals surface area contributed by atoms with Crippen LogP contribution in [0.25, 0.3) is 0 Å². The SMILES string of the molecule is COc1cc(NC(=O)c2cc(S(=O)(=O)N3CCCCCC3)ccc2Cl)c(OC)cc1Cl. The lowest BCUT2D eigenvalue weighted by Crippen LogP contribution is -2.32. The van der Waals surface area contributed by atoms with Gasteiger partial charge < -0.3 is 14.8 Å². The molecule has 0 spiro atoms. The van der Waals surface area contributed by atoms with Gasteiger partial charge in [0.05, 0.1) is 40.4 Å². The number of anilines is 1. The van der Waals surface area contributed by atoms with Gasteiger partial charge in [-0.1, -0.05) is 36.0 Å². The van der Waals surface area contributed by atoms with E-state index in [1.807, 2.05) is 0 Å². The summed E-state index contributed by atoms with van der Waals surface area (Å²) in [6, 6.07) is 7.17. The molecule has 1 amide bonds. The van der Waals surface area contributed by atoms with Crippen LogP contribution in [0.3, 0.4) is 0 Å². The number of hydrogen-bond acceptors (Lipinski definition) is 5. The van der Waals surface area contributed by atoms with Crippen molar-refractivity contribution in [3.8, 4) is 11.5 Å². The van der Waals surface area contributed by atoms with E-state index in [0.717, 1.165) is 25.7 Å². The number of halogens is 2. The number of carbonyl (C=O) groups is 1. The predicted molar refractivity (Wildman–Crippen MR) is 121 cm³/mol. The normalized spacial score (nSPS) is 15.2. The van der Waals surface area contributed by atoms with Crippen molar-refractivity contribution in [3.05, 3.63) is 45.9 Å². The molecule has 3 rings (SSSR count). The van der Waals surface area contributed by atoms with Crippen molar-refractivity contribution in [2.24, 2.45) is 0 Å². The lowest BCUT2D eigenvalue weighted by atomic mass is 10.2. The first-order chi connectivity index (χ1) is 14.8. The monoisotopic (exact) mass is 486 g/mol. The summed E-state index contributed by atoms with van der Waals surface area (Å²) in [5, 5.41) is 3.15. The number of carbonyl (C=O) groups excluding carboxylic acids is 1. The smallest absolute Gasteiger partial charge is 0.257 e. The zero-order valence-electron chi connectivity index (χ0n) is 17.3. The van der Waals surface area contributed by atoms with Crippen molar-refractivity contribution >= 4 is 44.8 Å². The zero-order valence-corrected chi connectivity index (χ0v) is 19.6. The number of ether oxygens (including phenoxy) is 2. The Kier molecular flexibility index (Phi) is 7.69. The molecular weight excluding hydrogens is 463 g/mol. The molecule has 168 valence electrons. The molecule has 1 aliphatic heterocycles. The summed E-state index contributed by atoms with van der Waals surface area (Å²) in [5.41, 5.74) is 0.346. The summed E-state index contributed by atoms with van der Waals surface area (Å²) in [6.45, 7) is 0.933. The van der Waals surface area contributed by atoms with E-state index >= 15 is 0 Å². The van der Waals surface area contributed by atoms with Crippen LogP contribution < -0.4 is 14.8 Å². The van der Waals surface area contributed by atoms with E-state index in [2.05, 4.69) is 5.32 Å². The second-order valence-electron chi connectivity index (χ2n) is 7.10.